The van der Waals surface area contributed by atoms with Crippen molar-refractivity contribution >= 4 is 27.8 Å². The largest absolute Gasteiger partial charge is 0.467 e. The van der Waals surface area contributed by atoms with Crippen molar-refractivity contribution in [3.8, 4) is 0 Å². The zero-order valence-electron chi connectivity index (χ0n) is 15.9. The van der Waals surface area contributed by atoms with Gasteiger partial charge in [-0.3, -0.25) is 4.90 Å². The summed E-state index contributed by atoms with van der Waals surface area (Å²) in [7, 11) is -1.57. The lowest BCUT2D eigenvalue weighted by molar-refractivity contribution is -0.145. The Balaban J connectivity index is 1.90. The molecule has 0 radical (unpaired) electrons. The highest BCUT2D eigenvalue weighted by atomic mass is 32.2. The Kier molecular flexibility index (Phi) is 4.70. The van der Waals surface area contributed by atoms with E-state index >= 15 is 0 Å². The van der Waals surface area contributed by atoms with Gasteiger partial charge in [0.15, 0.2) is 0 Å². The number of carbonyl (C=O) groups is 2. The fourth-order valence-electron chi connectivity index (χ4n) is 4.23. The van der Waals surface area contributed by atoms with Crippen LogP contribution < -0.4 is 4.31 Å². The standard InChI is InChI=1S/C20H20N2O6S/c1-27-19(23)17-12-15-14-10-6-7-11-16(14)22(18(15)21(17)20(24)28-2)29(25,26)13-8-4-3-5-9-13/h3-11,15,17-18H,12H2,1-2H3/t15-,17+,18+/m0/s1. The summed E-state index contributed by atoms with van der Waals surface area (Å²) in [6.45, 7) is 0. The average molecular weight is 416 g/mol. The number of methoxy groups -OCH3 is 2. The van der Waals surface area contributed by atoms with Gasteiger partial charge in [0.1, 0.15) is 12.2 Å². The molecule has 152 valence electrons. The van der Waals surface area contributed by atoms with Gasteiger partial charge in [0.2, 0.25) is 0 Å². The highest BCUT2D eigenvalue weighted by Crippen LogP contribution is 2.52. The third kappa shape index (κ3) is 2.84. The molecule has 0 saturated carbocycles. The number of sulfonamides is 1. The van der Waals surface area contributed by atoms with E-state index in [9.17, 15) is 18.0 Å². The molecule has 0 aromatic heterocycles. The van der Waals surface area contributed by atoms with E-state index < -0.39 is 34.3 Å². The zero-order valence-corrected chi connectivity index (χ0v) is 16.7. The van der Waals surface area contributed by atoms with Crippen molar-refractivity contribution in [3.05, 3.63) is 60.2 Å². The minimum atomic E-state index is -4.01. The lowest BCUT2D eigenvalue weighted by Crippen LogP contribution is -2.53. The van der Waals surface area contributed by atoms with Gasteiger partial charge in [0.05, 0.1) is 24.8 Å². The van der Waals surface area contributed by atoms with Crippen LogP contribution in [-0.2, 0) is 24.3 Å². The van der Waals surface area contributed by atoms with Crippen LogP contribution in [0.4, 0.5) is 10.5 Å². The highest BCUT2D eigenvalue weighted by Gasteiger charge is 2.58. The molecular weight excluding hydrogens is 396 g/mol. The molecule has 1 amide bonds. The van der Waals surface area contributed by atoms with Crippen molar-refractivity contribution in [1.29, 1.82) is 0 Å². The van der Waals surface area contributed by atoms with Crippen LogP contribution in [0.3, 0.4) is 0 Å². The molecule has 2 aromatic rings. The number of ether oxygens (including phenoxy) is 2. The van der Waals surface area contributed by atoms with Gasteiger partial charge >= 0.3 is 12.1 Å². The first-order valence-corrected chi connectivity index (χ1v) is 10.5. The van der Waals surface area contributed by atoms with Crippen molar-refractivity contribution in [2.75, 3.05) is 18.5 Å². The quantitative estimate of drug-likeness (QED) is 0.713. The number of esters is 1. The van der Waals surface area contributed by atoms with Gasteiger partial charge in [-0.05, 0) is 30.2 Å². The molecule has 1 fully saturated rings. The topological polar surface area (TPSA) is 93.2 Å². The van der Waals surface area contributed by atoms with Crippen molar-refractivity contribution < 1.29 is 27.5 Å². The molecule has 0 aliphatic carbocycles. The van der Waals surface area contributed by atoms with E-state index in [2.05, 4.69) is 0 Å². The molecule has 8 nitrogen and oxygen atoms in total. The molecule has 2 aliphatic rings. The van der Waals surface area contributed by atoms with Crippen LogP contribution in [0.1, 0.15) is 17.9 Å². The van der Waals surface area contributed by atoms with Gasteiger partial charge in [0.25, 0.3) is 10.0 Å². The van der Waals surface area contributed by atoms with E-state index in [-0.39, 0.29) is 17.2 Å². The Morgan fingerprint density at radius 1 is 0.966 bits per heavy atom. The second-order valence-electron chi connectivity index (χ2n) is 6.84. The fourth-order valence-corrected chi connectivity index (χ4v) is 5.91. The number of amides is 1. The van der Waals surface area contributed by atoms with Crippen LogP contribution in [0.5, 0.6) is 0 Å². The maximum absolute atomic E-state index is 13.6. The Morgan fingerprint density at radius 2 is 1.62 bits per heavy atom. The number of carbonyl (C=O) groups excluding carboxylic acids is 2. The Labute approximate surface area is 168 Å². The zero-order chi connectivity index (χ0) is 20.8. The van der Waals surface area contributed by atoms with Gasteiger partial charge in [0, 0.05) is 5.92 Å². The Hall–Kier alpha value is -3.07. The summed E-state index contributed by atoms with van der Waals surface area (Å²) >= 11 is 0. The van der Waals surface area contributed by atoms with E-state index in [1.54, 1.807) is 30.3 Å². The molecule has 2 heterocycles. The van der Waals surface area contributed by atoms with Crippen LogP contribution in [0.2, 0.25) is 0 Å². The van der Waals surface area contributed by atoms with Gasteiger partial charge in [-0.25, -0.2) is 22.3 Å². The lowest BCUT2D eigenvalue weighted by atomic mass is 9.96. The van der Waals surface area contributed by atoms with Gasteiger partial charge in [-0.2, -0.15) is 0 Å². The molecule has 1 saturated heterocycles. The van der Waals surface area contributed by atoms with Gasteiger partial charge in [-0.1, -0.05) is 36.4 Å². The van der Waals surface area contributed by atoms with Crippen LogP contribution in [0.15, 0.2) is 59.5 Å². The number of nitrogens with zero attached hydrogens (tertiary/aromatic N) is 2. The summed E-state index contributed by atoms with van der Waals surface area (Å²) in [5, 5.41) is 0. The van der Waals surface area contributed by atoms with E-state index in [0.29, 0.717) is 5.69 Å². The van der Waals surface area contributed by atoms with Crippen molar-refractivity contribution in [1.82, 2.24) is 4.90 Å². The molecule has 9 heteroatoms. The minimum Gasteiger partial charge on any atom is -0.467 e. The first-order chi connectivity index (χ1) is 13.9. The van der Waals surface area contributed by atoms with Crippen LogP contribution in [0, 0.1) is 0 Å². The van der Waals surface area contributed by atoms with Gasteiger partial charge in [-0.15, -0.1) is 0 Å². The molecule has 0 unspecified atom stereocenters. The first kappa shape index (κ1) is 19.3. The predicted octanol–water partition coefficient (Wildman–Crippen LogP) is 2.32. The molecule has 2 aliphatic heterocycles. The molecule has 0 N–H and O–H groups in total. The maximum atomic E-state index is 13.6. The van der Waals surface area contributed by atoms with E-state index in [4.69, 9.17) is 9.47 Å². The minimum absolute atomic E-state index is 0.0989. The molecular formula is C20H20N2O6S. The van der Waals surface area contributed by atoms with Crippen LogP contribution in [0.25, 0.3) is 0 Å². The van der Waals surface area contributed by atoms with E-state index in [1.165, 1.54) is 35.6 Å². The molecule has 29 heavy (non-hydrogen) atoms. The average Bonchev–Trinajstić information content (AvgIpc) is 3.28. The summed E-state index contributed by atoms with van der Waals surface area (Å²) in [6.07, 6.45) is -1.47. The number of para-hydroxylation sites is 1. The third-order valence-electron chi connectivity index (χ3n) is 5.43. The molecule has 4 rings (SSSR count). The number of rotatable bonds is 3. The first-order valence-electron chi connectivity index (χ1n) is 9.04. The van der Waals surface area contributed by atoms with E-state index in [1.807, 2.05) is 12.1 Å². The summed E-state index contributed by atoms with van der Waals surface area (Å²) in [4.78, 5) is 26.3. The van der Waals surface area contributed by atoms with Crippen molar-refractivity contribution in [2.24, 2.45) is 0 Å². The summed E-state index contributed by atoms with van der Waals surface area (Å²) in [5.74, 6) is -0.993. The van der Waals surface area contributed by atoms with E-state index in [0.717, 1.165) is 5.56 Å². The normalized spacial score (nSPS) is 22.8. The number of likely N-dealkylation sites (tertiary alicyclic amines) is 1. The summed E-state index contributed by atoms with van der Waals surface area (Å²) in [6, 6.07) is 14.1. The number of benzene rings is 2. The third-order valence-corrected chi connectivity index (χ3v) is 7.23. The molecule has 3 atom stereocenters. The number of fused-ring (bicyclic) bond motifs is 3. The highest BCUT2D eigenvalue weighted by molar-refractivity contribution is 7.92. The van der Waals surface area contributed by atoms with Crippen molar-refractivity contribution in [2.45, 2.75) is 29.4 Å². The maximum Gasteiger partial charge on any atom is 0.411 e. The second-order valence-corrected chi connectivity index (χ2v) is 8.66. The Morgan fingerprint density at radius 3 is 2.28 bits per heavy atom. The fraction of sp³-hybridized carbons (Fsp3) is 0.300. The summed E-state index contributed by atoms with van der Waals surface area (Å²) in [5.41, 5.74) is 1.25. The van der Waals surface area contributed by atoms with Crippen LogP contribution >= 0.6 is 0 Å². The number of hydrogen-bond acceptors (Lipinski definition) is 6. The molecule has 0 spiro atoms. The van der Waals surface area contributed by atoms with Crippen molar-refractivity contribution in [3.63, 3.8) is 0 Å². The molecule has 2 aromatic carbocycles. The van der Waals surface area contributed by atoms with Crippen LogP contribution in [-0.4, -0.2) is 51.8 Å². The SMILES string of the molecule is COC(=O)[C@H]1C[C@H]2c3ccccc3N(S(=O)(=O)c3ccccc3)[C@H]2N1C(=O)OC. The number of hydrogen-bond donors (Lipinski definition) is 0. The smallest absolute Gasteiger partial charge is 0.411 e. The second kappa shape index (κ2) is 7.07. The Bertz CT molecular complexity index is 1060. The molecule has 0 bridgehead atoms. The van der Waals surface area contributed by atoms with Gasteiger partial charge < -0.3 is 9.47 Å². The predicted molar refractivity (Wildman–Crippen MR) is 104 cm³/mol. The number of anilines is 1. The monoisotopic (exact) mass is 416 g/mol. The lowest BCUT2D eigenvalue weighted by Gasteiger charge is -2.34. The summed E-state index contributed by atoms with van der Waals surface area (Å²) < 4.78 is 38.1.